The van der Waals surface area contributed by atoms with Gasteiger partial charge in [-0.1, -0.05) is 18.2 Å². The summed E-state index contributed by atoms with van der Waals surface area (Å²) in [5.41, 5.74) is 1.78. The molecule has 1 heterocycles. The lowest BCUT2D eigenvalue weighted by atomic mass is 10.1. The van der Waals surface area contributed by atoms with Crippen LogP contribution in [0.3, 0.4) is 0 Å². The van der Waals surface area contributed by atoms with Gasteiger partial charge in [-0.3, -0.25) is 0 Å². The zero-order chi connectivity index (χ0) is 11.4. The largest absolute Gasteiger partial charge is 0.393 e. The Kier molecular flexibility index (Phi) is 3.77. The van der Waals surface area contributed by atoms with E-state index in [0.717, 1.165) is 24.3 Å². The molecule has 1 atom stereocenters. The van der Waals surface area contributed by atoms with Crippen molar-refractivity contribution in [1.82, 2.24) is 0 Å². The molecule has 1 aromatic carbocycles. The minimum atomic E-state index is -0.806. The van der Waals surface area contributed by atoms with Crippen molar-refractivity contribution in [2.45, 2.75) is 6.10 Å². The van der Waals surface area contributed by atoms with E-state index in [-0.39, 0.29) is 6.61 Å². The Morgan fingerprint density at radius 1 is 1.25 bits per heavy atom. The number of aliphatic hydroxyl groups is 2. The van der Waals surface area contributed by atoms with Crippen LogP contribution < -0.4 is 4.90 Å². The molecule has 4 heteroatoms. The molecule has 1 aromatic rings. The number of benzene rings is 1. The van der Waals surface area contributed by atoms with Crippen LogP contribution in [0, 0.1) is 0 Å². The van der Waals surface area contributed by atoms with Gasteiger partial charge in [0.25, 0.3) is 0 Å². The fraction of sp³-hybridized carbons (Fsp3) is 0.500. The third kappa shape index (κ3) is 2.35. The van der Waals surface area contributed by atoms with E-state index in [1.807, 2.05) is 24.3 Å². The molecule has 1 aliphatic rings. The van der Waals surface area contributed by atoms with Crippen LogP contribution in [0.15, 0.2) is 24.3 Å². The summed E-state index contributed by atoms with van der Waals surface area (Å²) in [6.45, 7) is 2.83. The first kappa shape index (κ1) is 11.4. The number of anilines is 1. The van der Waals surface area contributed by atoms with Crippen molar-refractivity contribution in [3.63, 3.8) is 0 Å². The standard InChI is InChI=1S/C12H17NO3/c14-9-12(15)10-3-1-2-4-11(10)13-5-7-16-8-6-13/h1-4,12,14-15H,5-9H2. The van der Waals surface area contributed by atoms with Gasteiger partial charge >= 0.3 is 0 Å². The van der Waals surface area contributed by atoms with Gasteiger partial charge in [0.2, 0.25) is 0 Å². The number of aliphatic hydroxyl groups excluding tert-OH is 2. The van der Waals surface area contributed by atoms with E-state index in [2.05, 4.69) is 4.90 Å². The van der Waals surface area contributed by atoms with Crippen LogP contribution in [-0.4, -0.2) is 43.1 Å². The Morgan fingerprint density at radius 2 is 1.94 bits per heavy atom. The third-order valence-electron chi connectivity index (χ3n) is 2.82. The van der Waals surface area contributed by atoms with Crippen LogP contribution >= 0.6 is 0 Å². The molecule has 88 valence electrons. The number of hydrogen-bond acceptors (Lipinski definition) is 4. The Hall–Kier alpha value is -1.10. The Bertz CT molecular complexity index is 337. The maximum absolute atomic E-state index is 9.73. The van der Waals surface area contributed by atoms with E-state index >= 15 is 0 Å². The molecule has 0 bridgehead atoms. The highest BCUT2D eigenvalue weighted by Gasteiger charge is 2.17. The minimum absolute atomic E-state index is 0.249. The summed E-state index contributed by atoms with van der Waals surface area (Å²) in [5, 5.41) is 18.8. The van der Waals surface area contributed by atoms with E-state index in [9.17, 15) is 5.11 Å². The highest BCUT2D eigenvalue weighted by atomic mass is 16.5. The first-order chi connectivity index (χ1) is 7.83. The predicted molar refractivity (Wildman–Crippen MR) is 61.5 cm³/mol. The van der Waals surface area contributed by atoms with Crippen molar-refractivity contribution in [2.24, 2.45) is 0 Å². The van der Waals surface area contributed by atoms with Gasteiger partial charge in [0.15, 0.2) is 0 Å². The molecule has 2 rings (SSSR count). The van der Waals surface area contributed by atoms with E-state index in [1.54, 1.807) is 0 Å². The number of para-hydroxylation sites is 1. The fourth-order valence-corrected chi connectivity index (χ4v) is 1.96. The van der Waals surface area contributed by atoms with Crippen molar-refractivity contribution < 1.29 is 14.9 Å². The smallest absolute Gasteiger partial charge is 0.104 e. The summed E-state index contributed by atoms with van der Waals surface area (Å²) in [6.07, 6.45) is -0.806. The van der Waals surface area contributed by atoms with Crippen LogP contribution in [0.25, 0.3) is 0 Å². The molecule has 0 amide bonds. The normalized spacial score (nSPS) is 18.5. The Morgan fingerprint density at radius 3 is 2.62 bits per heavy atom. The zero-order valence-electron chi connectivity index (χ0n) is 9.17. The number of rotatable bonds is 3. The molecule has 1 fully saturated rings. The second-order valence-electron chi connectivity index (χ2n) is 3.86. The SMILES string of the molecule is OCC(O)c1ccccc1N1CCOCC1. The molecule has 4 nitrogen and oxygen atoms in total. The van der Waals surface area contributed by atoms with E-state index in [4.69, 9.17) is 9.84 Å². The lowest BCUT2D eigenvalue weighted by Crippen LogP contribution is -2.37. The van der Waals surface area contributed by atoms with Crippen molar-refractivity contribution >= 4 is 5.69 Å². The summed E-state index contributed by atoms with van der Waals surface area (Å²) in [5.74, 6) is 0. The highest BCUT2D eigenvalue weighted by Crippen LogP contribution is 2.26. The zero-order valence-corrected chi connectivity index (χ0v) is 9.17. The molecule has 16 heavy (non-hydrogen) atoms. The maximum Gasteiger partial charge on any atom is 0.104 e. The molecule has 0 saturated carbocycles. The summed E-state index contributed by atoms with van der Waals surface area (Å²) < 4.78 is 5.29. The molecule has 0 aliphatic carbocycles. The van der Waals surface area contributed by atoms with Gasteiger partial charge < -0.3 is 19.8 Å². The topological polar surface area (TPSA) is 52.9 Å². The number of nitrogens with zero attached hydrogens (tertiary/aromatic N) is 1. The summed E-state index contributed by atoms with van der Waals surface area (Å²) in [4.78, 5) is 2.18. The lowest BCUT2D eigenvalue weighted by molar-refractivity contribution is 0.0948. The number of morpholine rings is 1. The van der Waals surface area contributed by atoms with Crippen molar-refractivity contribution in [3.8, 4) is 0 Å². The summed E-state index contributed by atoms with van der Waals surface area (Å²) in [6, 6.07) is 7.64. The van der Waals surface area contributed by atoms with Crippen molar-refractivity contribution in [1.29, 1.82) is 0 Å². The van der Waals surface area contributed by atoms with Gasteiger partial charge in [0.1, 0.15) is 6.10 Å². The van der Waals surface area contributed by atoms with Gasteiger partial charge in [-0.15, -0.1) is 0 Å². The van der Waals surface area contributed by atoms with E-state index < -0.39 is 6.10 Å². The van der Waals surface area contributed by atoms with Gasteiger partial charge in [-0.05, 0) is 6.07 Å². The molecular weight excluding hydrogens is 206 g/mol. The molecule has 0 radical (unpaired) electrons. The van der Waals surface area contributed by atoms with Crippen LogP contribution in [0.1, 0.15) is 11.7 Å². The number of ether oxygens (including phenoxy) is 1. The van der Waals surface area contributed by atoms with Crippen molar-refractivity contribution in [2.75, 3.05) is 37.8 Å². The monoisotopic (exact) mass is 223 g/mol. The Labute approximate surface area is 95.1 Å². The maximum atomic E-state index is 9.73. The second kappa shape index (κ2) is 5.30. The summed E-state index contributed by atoms with van der Waals surface area (Å²) >= 11 is 0. The van der Waals surface area contributed by atoms with E-state index in [1.165, 1.54) is 0 Å². The molecule has 1 aliphatic heterocycles. The fourth-order valence-electron chi connectivity index (χ4n) is 1.96. The molecular formula is C12H17NO3. The summed E-state index contributed by atoms with van der Waals surface area (Å²) in [7, 11) is 0. The van der Waals surface area contributed by atoms with Gasteiger partial charge in [0, 0.05) is 24.3 Å². The molecule has 1 unspecified atom stereocenters. The quantitative estimate of drug-likeness (QED) is 0.785. The number of hydrogen-bond donors (Lipinski definition) is 2. The first-order valence-corrected chi connectivity index (χ1v) is 5.53. The predicted octanol–water partition coefficient (Wildman–Crippen LogP) is 0.549. The van der Waals surface area contributed by atoms with E-state index in [0.29, 0.717) is 13.2 Å². The molecule has 1 saturated heterocycles. The van der Waals surface area contributed by atoms with Crippen LogP contribution in [0.4, 0.5) is 5.69 Å². The van der Waals surface area contributed by atoms with Crippen molar-refractivity contribution in [3.05, 3.63) is 29.8 Å². The molecule has 0 spiro atoms. The first-order valence-electron chi connectivity index (χ1n) is 5.53. The highest BCUT2D eigenvalue weighted by molar-refractivity contribution is 5.54. The average Bonchev–Trinajstić information content (AvgIpc) is 2.39. The van der Waals surface area contributed by atoms with Crippen LogP contribution in [0.5, 0.6) is 0 Å². The minimum Gasteiger partial charge on any atom is -0.393 e. The molecule has 2 N–H and O–H groups in total. The second-order valence-corrected chi connectivity index (χ2v) is 3.86. The third-order valence-corrected chi connectivity index (χ3v) is 2.82. The van der Waals surface area contributed by atoms with Gasteiger partial charge in [0.05, 0.1) is 19.8 Å². The van der Waals surface area contributed by atoms with Gasteiger partial charge in [-0.2, -0.15) is 0 Å². The van der Waals surface area contributed by atoms with Crippen LogP contribution in [-0.2, 0) is 4.74 Å². The molecule has 0 aromatic heterocycles. The van der Waals surface area contributed by atoms with Gasteiger partial charge in [-0.25, -0.2) is 0 Å². The lowest BCUT2D eigenvalue weighted by Gasteiger charge is -2.31. The Balaban J connectivity index is 2.24. The average molecular weight is 223 g/mol. The van der Waals surface area contributed by atoms with Crippen LogP contribution in [0.2, 0.25) is 0 Å².